The predicted molar refractivity (Wildman–Crippen MR) is 62.7 cm³/mol. The molecule has 2 fully saturated rings. The van der Waals surface area contributed by atoms with Gasteiger partial charge in [-0.1, -0.05) is 20.8 Å². The van der Waals surface area contributed by atoms with Gasteiger partial charge in [0.15, 0.2) is 0 Å². The van der Waals surface area contributed by atoms with Gasteiger partial charge in [0, 0.05) is 12.5 Å². The van der Waals surface area contributed by atoms with Gasteiger partial charge in [-0.25, -0.2) is 0 Å². The SMILES string of the molecule is CN(C)CC1C2CCC(C)(C1O)C2(C)C. The van der Waals surface area contributed by atoms with Gasteiger partial charge in [0.05, 0.1) is 6.10 Å². The van der Waals surface area contributed by atoms with Crippen molar-refractivity contribution in [3.63, 3.8) is 0 Å². The topological polar surface area (TPSA) is 23.5 Å². The molecule has 0 radical (unpaired) electrons. The van der Waals surface area contributed by atoms with Crippen LogP contribution in [0.5, 0.6) is 0 Å². The first kappa shape index (κ1) is 11.4. The summed E-state index contributed by atoms with van der Waals surface area (Å²) in [6.07, 6.45) is 2.41. The van der Waals surface area contributed by atoms with Gasteiger partial charge < -0.3 is 10.0 Å². The van der Waals surface area contributed by atoms with E-state index in [4.69, 9.17) is 0 Å². The molecule has 0 aromatic rings. The highest BCUT2D eigenvalue weighted by atomic mass is 16.3. The molecule has 2 saturated carbocycles. The number of hydrogen-bond donors (Lipinski definition) is 1. The summed E-state index contributed by atoms with van der Waals surface area (Å²) in [5.74, 6) is 1.19. The van der Waals surface area contributed by atoms with Crippen LogP contribution in [-0.2, 0) is 0 Å². The number of hydrogen-bond acceptors (Lipinski definition) is 2. The van der Waals surface area contributed by atoms with Crippen LogP contribution in [0.4, 0.5) is 0 Å². The molecular weight excluding hydrogens is 186 g/mol. The van der Waals surface area contributed by atoms with E-state index in [9.17, 15) is 5.11 Å². The zero-order valence-corrected chi connectivity index (χ0v) is 10.7. The molecule has 2 heteroatoms. The Kier molecular flexibility index (Phi) is 2.44. The van der Waals surface area contributed by atoms with E-state index in [1.54, 1.807) is 0 Å². The Morgan fingerprint density at radius 3 is 2.27 bits per heavy atom. The van der Waals surface area contributed by atoms with Gasteiger partial charge in [0.25, 0.3) is 0 Å². The summed E-state index contributed by atoms with van der Waals surface area (Å²) in [4.78, 5) is 2.22. The average molecular weight is 211 g/mol. The Balaban J connectivity index is 2.26. The third-order valence-corrected chi connectivity index (χ3v) is 5.52. The summed E-state index contributed by atoms with van der Waals surface area (Å²) in [5, 5.41) is 10.5. The minimum atomic E-state index is -0.103. The fraction of sp³-hybridized carbons (Fsp3) is 1.00. The molecule has 1 N–H and O–H groups in total. The fourth-order valence-electron chi connectivity index (χ4n) is 4.18. The average Bonchev–Trinajstić information content (AvgIpc) is 2.40. The van der Waals surface area contributed by atoms with Crippen LogP contribution in [0.2, 0.25) is 0 Å². The summed E-state index contributed by atoms with van der Waals surface area (Å²) >= 11 is 0. The second kappa shape index (κ2) is 3.21. The maximum Gasteiger partial charge on any atom is 0.0642 e. The Hall–Kier alpha value is -0.0800. The van der Waals surface area contributed by atoms with E-state index in [0.717, 1.165) is 6.54 Å². The van der Waals surface area contributed by atoms with Crippen LogP contribution in [0.15, 0.2) is 0 Å². The molecule has 2 aliphatic carbocycles. The van der Waals surface area contributed by atoms with Crippen molar-refractivity contribution in [3.05, 3.63) is 0 Å². The van der Waals surface area contributed by atoms with Crippen LogP contribution in [0.3, 0.4) is 0 Å². The fourth-order valence-corrected chi connectivity index (χ4v) is 4.18. The smallest absolute Gasteiger partial charge is 0.0642 e. The lowest BCUT2D eigenvalue weighted by molar-refractivity contribution is -0.0153. The molecule has 0 amide bonds. The Morgan fingerprint density at radius 1 is 1.27 bits per heavy atom. The quantitative estimate of drug-likeness (QED) is 0.755. The van der Waals surface area contributed by atoms with Crippen molar-refractivity contribution in [2.75, 3.05) is 20.6 Å². The third kappa shape index (κ3) is 1.31. The number of aliphatic hydroxyl groups excluding tert-OH is 1. The largest absolute Gasteiger partial charge is 0.392 e. The van der Waals surface area contributed by atoms with Crippen LogP contribution < -0.4 is 0 Å². The molecular formula is C13H25NO. The van der Waals surface area contributed by atoms with Crippen LogP contribution in [0.25, 0.3) is 0 Å². The monoisotopic (exact) mass is 211 g/mol. The van der Waals surface area contributed by atoms with Crippen molar-refractivity contribution in [2.24, 2.45) is 22.7 Å². The number of rotatable bonds is 2. The summed E-state index contributed by atoms with van der Waals surface area (Å²) in [7, 11) is 4.21. The van der Waals surface area contributed by atoms with E-state index in [0.29, 0.717) is 17.3 Å². The van der Waals surface area contributed by atoms with Gasteiger partial charge in [-0.05, 0) is 43.7 Å². The molecule has 2 bridgehead atoms. The van der Waals surface area contributed by atoms with Crippen molar-refractivity contribution >= 4 is 0 Å². The number of aliphatic hydroxyl groups is 1. The normalized spacial score (nSPS) is 47.8. The summed E-state index contributed by atoms with van der Waals surface area (Å²) < 4.78 is 0. The molecule has 0 saturated heterocycles. The Morgan fingerprint density at radius 2 is 1.87 bits per heavy atom. The maximum absolute atomic E-state index is 10.5. The summed E-state index contributed by atoms with van der Waals surface area (Å²) in [5.41, 5.74) is 0.464. The minimum Gasteiger partial charge on any atom is -0.392 e. The lowest BCUT2D eigenvalue weighted by atomic mass is 9.70. The molecule has 0 heterocycles. The zero-order chi connectivity index (χ0) is 11.4. The summed E-state index contributed by atoms with van der Waals surface area (Å²) in [6.45, 7) is 8.02. The van der Waals surface area contributed by atoms with E-state index in [1.807, 2.05) is 0 Å². The van der Waals surface area contributed by atoms with E-state index < -0.39 is 0 Å². The molecule has 15 heavy (non-hydrogen) atoms. The first-order valence-corrected chi connectivity index (χ1v) is 6.13. The minimum absolute atomic E-state index is 0.103. The molecule has 88 valence electrons. The second-order valence-electron chi connectivity index (χ2n) is 6.66. The molecule has 4 atom stereocenters. The Labute approximate surface area is 93.7 Å². The molecule has 0 spiro atoms. The van der Waals surface area contributed by atoms with E-state index in [2.05, 4.69) is 39.8 Å². The molecule has 0 aromatic carbocycles. The highest BCUT2D eigenvalue weighted by molar-refractivity contribution is 5.14. The van der Waals surface area contributed by atoms with Crippen molar-refractivity contribution in [2.45, 2.75) is 39.7 Å². The van der Waals surface area contributed by atoms with Gasteiger partial charge in [0.1, 0.15) is 0 Å². The van der Waals surface area contributed by atoms with Crippen molar-refractivity contribution in [1.29, 1.82) is 0 Å². The second-order valence-corrected chi connectivity index (χ2v) is 6.66. The molecule has 2 nitrogen and oxygen atoms in total. The lowest BCUT2D eigenvalue weighted by Crippen LogP contribution is -2.40. The van der Waals surface area contributed by atoms with E-state index >= 15 is 0 Å². The van der Waals surface area contributed by atoms with Crippen molar-refractivity contribution < 1.29 is 5.11 Å². The van der Waals surface area contributed by atoms with E-state index in [1.165, 1.54) is 12.8 Å². The first-order chi connectivity index (χ1) is 6.80. The predicted octanol–water partition coefficient (Wildman–Crippen LogP) is 1.98. The molecule has 0 aromatic heterocycles. The maximum atomic E-state index is 10.5. The van der Waals surface area contributed by atoms with Gasteiger partial charge in [-0.2, -0.15) is 0 Å². The highest BCUT2D eigenvalue weighted by Crippen LogP contribution is 2.67. The highest BCUT2D eigenvalue weighted by Gasteiger charge is 2.65. The van der Waals surface area contributed by atoms with Gasteiger partial charge >= 0.3 is 0 Å². The molecule has 2 rings (SSSR count). The van der Waals surface area contributed by atoms with Crippen LogP contribution in [0, 0.1) is 22.7 Å². The van der Waals surface area contributed by atoms with Gasteiger partial charge in [-0.3, -0.25) is 0 Å². The zero-order valence-electron chi connectivity index (χ0n) is 10.7. The third-order valence-electron chi connectivity index (χ3n) is 5.52. The van der Waals surface area contributed by atoms with Gasteiger partial charge in [-0.15, -0.1) is 0 Å². The lowest BCUT2D eigenvalue weighted by Gasteiger charge is -2.37. The van der Waals surface area contributed by atoms with Gasteiger partial charge in [0.2, 0.25) is 0 Å². The van der Waals surface area contributed by atoms with Crippen molar-refractivity contribution in [1.82, 2.24) is 4.90 Å². The standard InChI is InChI=1S/C13H25NO/c1-12(2)10-6-7-13(12,3)11(15)9(10)8-14(4)5/h9-11,15H,6-8H2,1-5H3. The number of fused-ring (bicyclic) bond motifs is 2. The Bertz CT molecular complexity index is 261. The molecule has 0 aliphatic heterocycles. The molecule has 2 aliphatic rings. The number of nitrogens with zero attached hydrogens (tertiary/aromatic N) is 1. The van der Waals surface area contributed by atoms with Crippen LogP contribution >= 0.6 is 0 Å². The molecule has 4 unspecified atom stereocenters. The first-order valence-electron chi connectivity index (χ1n) is 6.13. The summed E-state index contributed by atoms with van der Waals surface area (Å²) in [6, 6.07) is 0. The van der Waals surface area contributed by atoms with Crippen molar-refractivity contribution in [3.8, 4) is 0 Å². The van der Waals surface area contributed by atoms with Crippen LogP contribution in [0.1, 0.15) is 33.6 Å². The van der Waals surface area contributed by atoms with Crippen LogP contribution in [-0.4, -0.2) is 36.8 Å². The van der Waals surface area contributed by atoms with E-state index in [-0.39, 0.29) is 11.5 Å².